The Labute approximate surface area is 212 Å². The molecule has 0 radical (unpaired) electrons. The second-order valence-electron chi connectivity index (χ2n) is 9.50. The Balaban J connectivity index is 1.68. The van der Waals surface area contributed by atoms with Crippen molar-refractivity contribution < 1.29 is 19.0 Å². The van der Waals surface area contributed by atoms with Crippen LogP contribution in [0.5, 0.6) is 11.5 Å². The maximum atomic E-state index is 12.0. The van der Waals surface area contributed by atoms with Crippen LogP contribution < -0.4 is 14.8 Å². The van der Waals surface area contributed by atoms with Crippen molar-refractivity contribution in [2.75, 3.05) is 11.9 Å². The summed E-state index contributed by atoms with van der Waals surface area (Å²) in [7, 11) is 0. The number of aryl methyl sites for hydroxylation is 1. The van der Waals surface area contributed by atoms with Crippen molar-refractivity contribution in [3.63, 3.8) is 0 Å². The third kappa shape index (κ3) is 5.25. The molecule has 0 aromatic heterocycles. The Kier molecular flexibility index (Phi) is 7.27. The fourth-order valence-electron chi connectivity index (χ4n) is 4.68. The lowest BCUT2D eigenvalue weighted by atomic mass is 9.70. The first-order valence-corrected chi connectivity index (χ1v) is 12.3. The average Bonchev–Trinajstić information content (AvgIpc) is 2.81. The molecule has 1 N–H and O–H groups in total. The maximum absolute atomic E-state index is 12.0. The van der Waals surface area contributed by atoms with Crippen LogP contribution >= 0.6 is 11.6 Å². The minimum Gasteiger partial charge on any atom is -0.490 e. The maximum Gasteiger partial charge on any atom is 0.303 e. The van der Waals surface area contributed by atoms with Gasteiger partial charge < -0.3 is 19.5 Å². The van der Waals surface area contributed by atoms with Gasteiger partial charge >= 0.3 is 5.97 Å². The number of carbonyl (C=O) groups excluding carboxylic acids is 1. The van der Waals surface area contributed by atoms with Crippen LogP contribution in [0.3, 0.4) is 0 Å². The summed E-state index contributed by atoms with van der Waals surface area (Å²) in [6.45, 7) is 10.5. The fourth-order valence-corrected chi connectivity index (χ4v) is 4.87. The second-order valence-corrected chi connectivity index (χ2v) is 9.91. The van der Waals surface area contributed by atoms with Gasteiger partial charge in [0, 0.05) is 34.2 Å². The molecule has 0 saturated carbocycles. The molecule has 1 aliphatic rings. The molecule has 0 bridgehead atoms. The molecular formula is C29H32ClNO4. The van der Waals surface area contributed by atoms with Crippen molar-refractivity contribution in [1.29, 1.82) is 0 Å². The van der Waals surface area contributed by atoms with Gasteiger partial charge in [-0.2, -0.15) is 0 Å². The van der Waals surface area contributed by atoms with Gasteiger partial charge in [0.1, 0.15) is 12.7 Å². The number of hydrogen-bond acceptors (Lipinski definition) is 5. The van der Waals surface area contributed by atoms with E-state index in [4.69, 9.17) is 25.8 Å². The minimum absolute atomic E-state index is 0.126. The van der Waals surface area contributed by atoms with E-state index in [0.717, 1.165) is 27.9 Å². The highest BCUT2D eigenvalue weighted by Gasteiger charge is 2.46. The molecule has 1 aliphatic heterocycles. The van der Waals surface area contributed by atoms with Crippen molar-refractivity contribution in [1.82, 2.24) is 0 Å². The summed E-state index contributed by atoms with van der Waals surface area (Å²) < 4.78 is 17.9. The van der Waals surface area contributed by atoms with Gasteiger partial charge in [0.2, 0.25) is 0 Å². The second kappa shape index (κ2) is 10.2. The van der Waals surface area contributed by atoms with Gasteiger partial charge in [0.15, 0.2) is 11.5 Å². The van der Waals surface area contributed by atoms with Gasteiger partial charge in [0.05, 0.1) is 12.6 Å². The number of anilines is 1. The summed E-state index contributed by atoms with van der Waals surface area (Å²) in [6, 6.07) is 19.7. The summed E-state index contributed by atoms with van der Waals surface area (Å²) in [5.74, 6) is 1.01. The molecule has 3 aromatic rings. The highest BCUT2D eigenvalue weighted by atomic mass is 35.5. The predicted octanol–water partition coefficient (Wildman–Crippen LogP) is 7.42. The molecule has 35 heavy (non-hydrogen) atoms. The predicted molar refractivity (Wildman–Crippen MR) is 139 cm³/mol. The highest BCUT2D eigenvalue weighted by Crippen LogP contribution is 2.54. The molecule has 0 spiro atoms. The number of esters is 1. The van der Waals surface area contributed by atoms with Gasteiger partial charge in [-0.15, -0.1) is 0 Å². The topological polar surface area (TPSA) is 56.8 Å². The lowest BCUT2D eigenvalue weighted by Crippen LogP contribution is -2.40. The van der Waals surface area contributed by atoms with Crippen LogP contribution in [-0.2, 0) is 16.1 Å². The zero-order valence-corrected chi connectivity index (χ0v) is 21.6. The van der Waals surface area contributed by atoms with Gasteiger partial charge in [-0.1, -0.05) is 67.4 Å². The smallest absolute Gasteiger partial charge is 0.303 e. The monoisotopic (exact) mass is 493 g/mol. The molecule has 1 heterocycles. The number of fused-ring (bicyclic) bond motifs is 1. The van der Waals surface area contributed by atoms with E-state index in [0.29, 0.717) is 29.7 Å². The number of hydrogen-bond donors (Lipinski definition) is 1. The molecule has 0 fully saturated rings. The fraction of sp³-hybridized carbons (Fsp3) is 0.345. The molecule has 0 aliphatic carbocycles. The molecule has 184 valence electrons. The highest BCUT2D eigenvalue weighted by molar-refractivity contribution is 6.31. The molecule has 2 atom stereocenters. The Morgan fingerprint density at radius 3 is 2.51 bits per heavy atom. The van der Waals surface area contributed by atoms with E-state index in [1.54, 1.807) is 0 Å². The number of benzene rings is 3. The first-order chi connectivity index (χ1) is 16.7. The number of nitrogens with one attached hydrogen (secondary N) is 1. The Morgan fingerprint density at radius 1 is 1.03 bits per heavy atom. The zero-order chi connectivity index (χ0) is 25.2. The summed E-state index contributed by atoms with van der Waals surface area (Å²) >= 11 is 6.29. The third-order valence-electron chi connectivity index (χ3n) is 6.43. The molecule has 0 saturated heterocycles. The minimum atomic E-state index is -0.435. The van der Waals surface area contributed by atoms with Gasteiger partial charge in [0.25, 0.3) is 0 Å². The standard InChI is InChI=1S/C29H32ClNO4/c1-6-33-26-16-20(12-14-25(26)34-17-21-9-7-8-10-23(21)30)27-29(4,5)28(35-19(3)32)22-15-18(2)11-13-24(22)31-27/h7-16,27-28,31H,6,17H2,1-5H3/t27-,28+/m1/s1. The Bertz CT molecular complexity index is 1220. The van der Waals surface area contributed by atoms with Crippen molar-refractivity contribution in [2.24, 2.45) is 5.41 Å². The van der Waals surface area contributed by atoms with Crippen LogP contribution in [0.1, 0.15) is 62.1 Å². The quantitative estimate of drug-likeness (QED) is 0.347. The van der Waals surface area contributed by atoms with E-state index in [1.165, 1.54) is 6.92 Å². The third-order valence-corrected chi connectivity index (χ3v) is 6.80. The van der Waals surface area contributed by atoms with Crippen LogP contribution in [0.4, 0.5) is 5.69 Å². The Hall–Kier alpha value is -3.18. The Morgan fingerprint density at radius 2 is 1.80 bits per heavy atom. The number of halogens is 1. The van der Waals surface area contributed by atoms with E-state index in [2.05, 4.69) is 31.3 Å². The largest absolute Gasteiger partial charge is 0.490 e. The van der Waals surface area contributed by atoms with Crippen LogP contribution in [0.2, 0.25) is 5.02 Å². The first-order valence-electron chi connectivity index (χ1n) is 11.9. The molecular weight excluding hydrogens is 462 g/mol. The average molecular weight is 494 g/mol. The van der Waals surface area contributed by atoms with Crippen LogP contribution in [0, 0.1) is 12.3 Å². The SMILES string of the molecule is CCOc1cc([C@H]2Nc3ccc(C)cc3[C@H](OC(C)=O)C2(C)C)ccc1OCc1ccccc1Cl. The summed E-state index contributed by atoms with van der Waals surface area (Å²) in [6.07, 6.45) is -0.396. The van der Waals surface area contributed by atoms with Gasteiger partial charge in [-0.3, -0.25) is 4.79 Å². The molecule has 0 unspecified atom stereocenters. The van der Waals surface area contributed by atoms with Crippen molar-refractivity contribution >= 4 is 23.3 Å². The normalized spacial score (nSPS) is 18.2. The van der Waals surface area contributed by atoms with Gasteiger partial charge in [-0.05, 0) is 43.7 Å². The number of ether oxygens (including phenoxy) is 3. The van der Waals surface area contributed by atoms with E-state index in [1.807, 2.05) is 62.4 Å². The van der Waals surface area contributed by atoms with Crippen molar-refractivity contribution in [3.05, 3.63) is 87.9 Å². The number of rotatable bonds is 7. The lowest BCUT2D eigenvalue weighted by Gasteiger charge is -2.46. The number of carbonyl (C=O) groups is 1. The summed E-state index contributed by atoms with van der Waals surface area (Å²) in [5.41, 5.74) is 4.57. The van der Waals surface area contributed by atoms with Crippen LogP contribution in [0.15, 0.2) is 60.7 Å². The zero-order valence-electron chi connectivity index (χ0n) is 20.9. The molecule has 3 aromatic carbocycles. The van der Waals surface area contributed by atoms with Crippen LogP contribution in [-0.4, -0.2) is 12.6 Å². The van der Waals surface area contributed by atoms with E-state index in [-0.39, 0.29) is 12.0 Å². The molecule has 6 heteroatoms. The summed E-state index contributed by atoms with van der Waals surface area (Å²) in [4.78, 5) is 12.0. The molecule has 4 rings (SSSR count). The summed E-state index contributed by atoms with van der Waals surface area (Å²) in [5, 5.41) is 4.35. The van der Waals surface area contributed by atoms with E-state index >= 15 is 0 Å². The van der Waals surface area contributed by atoms with E-state index in [9.17, 15) is 4.79 Å². The van der Waals surface area contributed by atoms with E-state index < -0.39 is 11.5 Å². The van der Waals surface area contributed by atoms with Crippen molar-refractivity contribution in [3.8, 4) is 11.5 Å². The van der Waals surface area contributed by atoms with Crippen LogP contribution in [0.25, 0.3) is 0 Å². The van der Waals surface area contributed by atoms with Gasteiger partial charge in [-0.25, -0.2) is 0 Å². The lowest BCUT2D eigenvalue weighted by molar-refractivity contribution is -0.154. The molecule has 5 nitrogen and oxygen atoms in total. The molecule has 0 amide bonds. The van der Waals surface area contributed by atoms with Crippen molar-refractivity contribution in [2.45, 2.75) is 53.4 Å². The first kappa shape index (κ1) is 24.9.